The van der Waals surface area contributed by atoms with Crippen LogP contribution in [0.2, 0.25) is 0 Å². The molecule has 0 aliphatic heterocycles. The zero-order chi connectivity index (χ0) is 21.1. The number of hydrogen-bond donors (Lipinski definition) is 2. The lowest BCUT2D eigenvalue weighted by Gasteiger charge is -2.25. The summed E-state index contributed by atoms with van der Waals surface area (Å²) in [4.78, 5) is 4.58. The molecule has 2 N–H and O–H groups in total. The molecule has 6 nitrogen and oxygen atoms in total. The van der Waals surface area contributed by atoms with Gasteiger partial charge in [0, 0.05) is 30.3 Å². The molecule has 30 heavy (non-hydrogen) atoms. The number of nitrogens with one attached hydrogen (secondary N) is 1. The standard InChI is InChI=1S/C24H32N4O2/c1-4-17-5-7-18(8-6-17)21-13-22(19-9-11-20(29)12-10-19)28-23(21)14-25-24(27-28)26-16(2)15-30-3/h5-8,13-14,16,19-20,29H,4,9-12,15H2,1-3H3,(H,26,27)/t16-,19?,20?/m0/s1. The van der Waals surface area contributed by atoms with E-state index in [4.69, 9.17) is 9.84 Å². The summed E-state index contributed by atoms with van der Waals surface area (Å²) in [7, 11) is 1.69. The van der Waals surface area contributed by atoms with Crippen LogP contribution in [0, 0.1) is 0 Å². The van der Waals surface area contributed by atoms with E-state index in [0.29, 0.717) is 18.5 Å². The van der Waals surface area contributed by atoms with E-state index in [1.165, 1.54) is 16.8 Å². The van der Waals surface area contributed by atoms with Crippen LogP contribution in [0.25, 0.3) is 16.6 Å². The van der Waals surface area contributed by atoms with Crippen LogP contribution >= 0.6 is 0 Å². The van der Waals surface area contributed by atoms with Crippen molar-refractivity contribution in [1.29, 1.82) is 0 Å². The highest BCUT2D eigenvalue weighted by Gasteiger charge is 2.25. The summed E-state index contributed by atoms with van der Waals surface area (Å²) in [6.45, 7) is 4.82. The first kappa shape index (κ1) is 20.8. The van der Waals surface area contributed by atoms with Crippen molar-refractivity contribution >= 4 is 11.5 Å². The summed E-state index contributed by atoms with van der Waals surface area (Å²) in [6.07, 6.45) is 6.43. The van der Waals surface area contributed by atoms with Gasteiger partial charge in [-0.3, -0.25) is 0 Å². The van der Waals surface area contributed by atoms with E-state index < -0.39 is 0 Å². The van der Waals surface area contributed by atoms with Crippen LogP contribution in [0.3, 0.4) is 0 Å². The molecule has 160 valence electrons. The number of benzene rings is 1. The molecule has 1 fully saturated rings. The van der Waals surface area contributed by atoms with E-state index in [9.17, 15) is 5.11 Å². The minimum absolute atomic E-state index is 0.123. The molecule has 2 aromatic heterocycles. The normalized spacial score (nSPS) is 20.4. The Morgan fingerprint density at radius 3 is 2.60 bits per heavy atom. The summed E-state index contributed by atoms with van der Waals surface area (Å²) in [6, 6.07) is 11.2. The molecule has 1 atom stereocenters. The number of hydrogen-bond acceptors (Lipinski definition) is 5. The van der Waals surface area contributed by atoms with Crippen molar-refractivity contribution in [3.8, 4) is 11.1 Å². The topological polar surface area (TPSA) is 71.7 Å². The number of nitrogens with zero attached hydrogens (tertiary/aromatic N) is 3. The van der Waals surface area contributed by atoms with Crippen molar-refractivity contribution < 1.29 is 9.84 Å². The largest absolute Gasteiger partial charge is 0.393 e. The van der Waals surface area contributed by atoms with Gasteiger partial charge in [-0.1, -0.05) is 31.2 Å². The fourth-order valence-corrected chi connectivity index (χ4v) is 4.41. The Balaban J connectivity index is 1.75. The van der Waals surface area contributed by atoms with Gasteiger partial charge in [0.1, 0.15) is 0 Å². The SMILES string of the molecule is CCc1ccc(-c2cc(C3CCC(O)CC3)n3nc(N[C@@H](C)COC)ncc23)cc1. The number of aromatic nitrogens is 3. The summed E-state index contributed by atoms with van der Waals surface area (Å²) < 4.78 is 7.28. The van der Waals surface area contributed by atoms with Crippen molar-refractivity contribution in [2.75, 3.05) is 19.0 Å². The second kappa shape index (κ2) is 9.14. The molecule has 0 bridgehead atoms. The van der Waals surface area contributed by atoms with Gasteiger partial charge in [-0.15, -0.1) is 5.10 Å². The molecule has 1 saturated carbocycles. The van der Waals surface area contributed by atoms with Crippen LogP contribution in [-0.4, -0.2) is 45.6 Å². The minimum Gasteiger partial charge on any atom is -0.393 e. The first-order valence-electron chi connectivity index (χ1n) is 11.0. The van der Waals surface area contributed by atoms with Crippen LogP contribution in [0.4, 0.5) is 5.95 Å². The molecule has 0 amide bonds. The number of methoxy groups -OCH3 is 1. The second-order valence-electron chi connectivity index (χ2n) is 8.42. The van der Waals surface area contributed by atoms with Gasteiger partial charge >= 0.3 is 0 Å². The van der Waals surface area contributed by atoms with Crippen LogP contribution in [0.1, 0.15) is 56.7 Å². The van der Waals surface area contributed by atoms with E-state index in [-0.39, 0.29) is 12.1 Å². The third kappa shape index (κ3) is 4.35. The lowest BCUT2D eigenvalue weighted by atomic mass is 9.85. The molecule has 2 heterocycles. The van der Waals surface area contributed by atoms with Crippen LogP contribution in [-0.2, 0) is 11.2 Å². The van der Waals surface area contributed by atoms with E-state index in [1.54, 1.807) is 7.11 Å². The van der Waals surface area contributed by atoms with Crippen LogP contribution in [0.15, 0.2) is 36.5 Å². The Morgan fingerprint density at radius 2 is 1.93 bits per heavy atom. The maximum absolute atomic E-state index is 9.96. The summed E-state index contributed by atoms with van der Waals surface area (Å²) in [5.41, 5.74) is 5.90. The van der Waals surface area contributed by atoms with E-state index >= 15 is 0 Å². The predicted molar refractivity (Wildman–Crippen MR) is 120 cm³/mol. The van der Waals surface area contributed by atoms with Gasteiger partial charge in [0.15, 0.2) is 0 Å². The number of fused-ring (bicyclic) bond motifs is 1. The van der Waals surface area contributed by atoms with Gasteiger partial charge in [-0.25, -0.2) is 9.50 Å². The number of rotatable bonds is 7. The van der Waals surface area contributed by atoms with Crippen LogP contribution < -0.4 is 5.32 Å². The molecular weight excluding hydrogens is 376 g/mol. The molecule has 3 aromatic rings. The maximum atomic E-state index is 9.96. The van der Waals surface area contributed by atoms with Gasteiger partial charge < -0.3 is 15.2 Å². The summed E-state index contributed by atoms with van der Waals surface area (Å²) in [5.74, 6) is 0.997. The smallest absolute Gasteiger partial charge is 0.241 e. The van der Waals surface area contributed by atoms with Gasteiger partial charge in [-0.2, -0.15) is 0 Å². The van der Waals surface area contributed by atoms with Crippen molar-refractivity contribution in [2.24, 2.45) is 0 Å². The van der Waals surface area contributed by atoms with E-state index in [2.05, 4.69) is 59.0 Å². The predicted octanol–water partition coefficient (Wildman–Crippen LogP) is 4.42. The zero-order valence-electron chi connectivity index (χ0n) is 18.1. The lowest BCUT2D eigenvalue weighted by Crippen LogP contribution is -2.23. The van der Waals surface area contributed by atoms with Gasteiger partial charge in [-0.05, 0) is 56.2 Å². The summed E-state index contributed by atoms with van der Waals surface area (Å²) >= 11 is 0. The minimum atomic E-state index is -0.171. The number of aliphatic hydroxyl groups is 1. The third-order valence-electron chi connectivity index (χ3n) is 6.13. The molecule has 1 aliphatic carbocycles. The number of aliphatic hydroxyl groups excluding tert-OH is 1. The van der Waals surface area contributed by atoms with E-state index in [1.807, 2.05) is 6.20 Å². The Hall–Kier alpha value is -2.44. The number of aryl methyl sites for hydroxylation is 1. The van der Waals surface area contributed by atoms with Crippen LogP contribution in [0.5, 0.6) is 0 Å². The Labute approximate surface area is 178 Å². The zero-order valence-corrected chi connectivity index (χ0v) is 18.1. The Bertz CT molecular complexity index is 975. The molecule has 0 spiro atoms. The average Bonchev–Trinajstić information content (AvgIpc) is 3.13. The van der Waals surface area contributed by atoms with Crippen molar-refractivity contribution in [3.05, 3.63) is 47.8 Å². The lowest BCUT2D eigenvalue weighted by molar-refractivity contribution is 0.121. The monoisotopic (exact) mass is 408 g/mol. The molecule has 4 rings (SSSR count). The second-order valence-corrected chi connectivity index (χ2v) is 8.42. The van der Waals surface area contributed by atoms with Crippen molar-refractivity contribution in [2.45, 2.75) is 64.0 Å². The molecule has 1 aliphatic rings. The first-order valence-corrected chi connectivity index (χ1v) is 11.0. The van der Waals surface area contributed by atoms with Crippen molar-refractivity contribution in [3.63, 3.8) is 0 Å². The molecule has 1 aromatic carbocycles. The number of ether oxygens (including phenoxy) is 1. The highest BCUT2D eigenvalue weighted by Crippen LogP contribution is 2.37. The molecule has 0 saturated heterocycles. The first-order chi connectivity index (χ1) is 14.6. The third-order valence-corrected chi connectivity index (χ3v) is 6.13. The van der Waals surface area contributed by atoms with Gasteiger partial charge in [0.25, 0.3) is 0 Å². The summed E-state index contributed by atoms with van der Waals surface area (Å²) in [5, 5.41) is 18.1. The van der Waals surface area contributed by atoms with Gasteiger partial charge in [0.05, 0.1) is 24.4 Å². The maximum Gasteiger partial charge on any atom is 0.241 e. The van der Waals surface area contributed by atoms with Crippen molar-refractivity contribution in [1.82, 2.24) is 14.6 Å². The average molecular weight is 409 g/mol. The van der Waals surface area contributed by atoms with E-state index in [0.717, 1.165) is 43.2 Å². The fourth-order valence-electron chi connectivity index (χ4n) is 4.41. The van der Waals surface area contributed by atoms with Gasteiger partial charge in [0.2, 0.25) is 5.95 Å². The molecule has 0 unspecified atom stereocenters. The quantitative estimate of drug-likeness (QED) is 0.605. The Kier molecular flexibility index (Phi) is 6.35. The highest BCUT2D eigenvalue weighted by atomic mass is 16.5. The molecule has 6 heteroatoms. The molecule has 0 radical (unpaired) electrons. The molecular formula is C24H32N4O2. The Morgan fingerprint density at radius 1 is 1.20 bits per heavy atom. The fraction of sp³-hybridized carbons (Fsp3) is 0.500. The highest BCUT2D eigenvalue weighted by molar-refractivity contribution is 5.81. The number of anilines is 1.